The summed E-state index contributed by atoms with van der Waals surface area (Å²) >= 11 is 0. The van der Waals surface area contributed by atoms with Gasteiger partial charge in [-0.05, 0) is 17.7 Å². The maximum atomic E-state index is 12.9. The normalized spacial score (nSPS) is 16.0. The zero-order valence-corrected chi connectivity index (χ0v) is 9.38. The SMILES string of the molecule is O=C(Cc1cc(F)cc(F)c1)N1CCNCC1. The predicted molar refractivity (Wildman–Crippen MR) is 59.5 cm³/mol. The fourth-order valence-electron chi connectivity index (χ4n) is 1.91. The highest BCUT2D eigenvalue weighted by molar-refractivity contribution is 5.78. The summed E-state index contributed by atoms with van der Waals surface area (Å²) in [4.78, 5) is 13.6. The van der Waals surface area contributed by atoms with E-state index in [0.29, 0.717) is 18.7 Å². The molecule has 0 aliphatic carbocycles. The van der Waals surface area contributed by atoms with Gasteiger partial charge in [-0.3, -0.25) is 4.79 Å². The largest absolute Gasteiger partial charge is 0.340 e. The van der Waals surface area contributed by atoms with E-state index < -0.39 is 11.6 Å². The first-order valence-electron chi connectivity index (χ1n) is 5.58. The third-order valence-electron chi connectivity index (χ3n) is 2.75. The first-order valence-corrected chi connectivity index (χ1v) is 5.58. The lowest BCUT2D eigenvalue weighted by molar-refractivity contribution is -0.131. The molecule has 1 N–H and O–H groups in total. The number of halogens is 2. The molecule has 1 aliphatic rings. The Kier molecular flexibility index (Phi) is 3.68. The lowest BCUT2D eigenvalue weighted by atomic mass is 10.1. The topological polar surface area (TPSA) is 32.3 Å². The van der Waals surface area contributed by atoms with Crippen LogP contribution in [0.25, 0.3) is 0 Å². The van der Waals surface area contributed by atoms with Gasteiger partial charge >= 0.3 is 0 Å². The van der Waals surface area contributed by atoms with E-state index in [1.54, 1.807) is 4.90 Å². The van der Waals surface area contributed by atoms with Crippen molar-refractivity contribution in [2.24, 2.45) is 0 Å². The Morgan fingerprint density at radius 2 is 1.76 bits per heavy atom. The van der Waals surface area contributed by atoms with Crippen molar-refractivity contribution in [1.82, 2.24) is 10.2 Å². The zero-order valence-electron chi connectivity index (χ0n) is 9.38. The van der Waals surface area contributed by atoms with Gasteiger partial charge in [-0.25, -0.2) is 8.78 Å². The van der Waals surface area contributed by atoms with Crippen molar-refractivity contribution in [3.05, 3.63) is 35.4 Å². The van der Waals surface area contributed by atoms with Crippen LogP contribution in [0, 0.1) is 11.6 Å². The lowest BCUT2D eigenvalue weighted by Crippen LogP contribution is -2.46. The molecule has 1 aromatic rings. The lowest BCUT2D eigenvalue weighted by Gasteiger charge is -2.27. The molecule has 0 aromatic heterocycles. The first kappa shape index (κ1) is 12.0. The van der Waals surface area contributed by atoms with E-state index in [1.165, 1.54) is 12.1 Å². The Morgan fingerprint density at radius 1 is 1.18 bits per heavy atom. The summed E-state index contributed by atoms with van der Waals surface area (Å²) in [6.45, 7) is 2.83. The molecule has 0 saturated carbocycles. The first-order chi connectivity index (χ1) is 8.15. The highest BCUT2D eigenvalue weighted by Gasteiger charge is 2.16. The number of carbonyl (C=O) groups excluding carboxylic acids is 1. The molecule has 5 heteroatoms. The smallest absolute Gasteiger partial charge is 0.227 e. The molecular formula is C12H14F2N2O. The molecule has 1 saturated heterocycles. The molecule has 0 radical (unpaired) electrons. The number of nitrogens with zero attached hydrogens (tertiary/aromatic N) is 1. The van der Waals surface area contributed by atoms with Gasteiger partial charge in [0.15, 0.2) is 0 Å². The van der Waals surface area contributed by atoms with Gasteiger partial charge in [-0.2, -0.15) is 0 Å². The average Bonchev–Trinajstić information content (AvgIpc) is 2.28. The fourth-order valence-corrected chi connectivity index (χ4v) is 1.91. The van der Waals surface area contributed by atoms with Gasteiger partial charge in [-0.1, -0.05) is 0 Å². The number of hydrogen-bond donors (Lipinski definition) is 1. The van der Waals surface area contributed by atoms with Crippen LogP contribution in [0.2, 0.25) is 0 Å². The van der Waals surface area contributed by atoms with Gasteiger partial charge < -0.3 is 10.2 Å². The summed E-state index contributed by atoms with van der Waals surface area (Å²) in [6.07, 6.45) is 0.0503. The number of carbonyl (C=O) groups is 1. The van der Waals surface area contributed by atoms with Crippen molar-refractivity contribution in [1.29, 1.82) is 0 Å². The zero-order chi connectivity index (χ0) is 12.3. The number of hydrogen-bond acceptors (Lipinski definition) is 2. The van der Waals surface area contributed by atoms with Crippen molar-refractivity contribution in [3.8, 4) is 0 Å². The maximum Gasteiger partial charge on any atom is 0.227 e. The molecule has 92 valence electrons. The fraction of sp³-hybridized carbons (Fsp3) is 0.417. The summed E-state index contributed by atoms with van der Waals surface area (Å²) in [5, 5.41) is 3.14. The number of nitrogens with one attached hydrogen (secondary N) is 1. The van der Waals surface area contributed by atoms with Gasteiger partial charge in [-0.15, -0.1) is 0 Å². The Morgan fingerprint density at radius 3 is 2.35 bits per heavy atom. The van der Waals surface area contributed by atoms with Crippen LogP contribution >= 0.6 is 0 Å². The van der Waals surface area contributed by atoms with Crippen LogP contribution in [-0.2, 0) is 11.2 Å². The van der Waals surface area contributed by atoms with Gasteiger partial charge in [0.05, 0.1) is 6.42 Å². The number of benzene rings is 1. The summed E-state index contributed by atoms with van der Waals surface area (Å²) in [5.41, 5.74) is 0.381. The maximum absolute atomic E-state index is 12.9. The van der Waals surface area contributed by atoms with E-state index in [2.05, 4.69) is 5.32 Å². The van der Waals surface area contributed by atoms with E-state index >= 15 is 0 Å². The average molecular weight is 240 g/mol. The monoisotopic (exact) mass is 240 g/mol. The van der Waals surface area contributed by atoms with Crippen molar-refractivity contribution < 1.29 is 13.6 Å². The summed E-state index contributed by atoms with van der Waals surface area (Å²) < 4.78 is 25.9. The predicted octanol–water partition coefficient (Wildman–Crippen LogP) is 0.939. The minimum absolute atomic E-state index is 0.0503. The van der Waals surface area contributed by atoms with Crippen molar-refractivity contribution in [3.63, 3.8) is 0 Å². The Labute approximate surface area is 98.4 Å². The molecule has 1 aliphatic heterocycles. The van der Waals surface area contributed by atoms with Gasteiger partial charge in [0, 0.05) is 32.2 Å². The van der Waals surface area contributed by atoms with Crippen LogP contribution in [0.5, 0.6) is 0 Å². The Bertz CT molecular complexity index is 397. The van der Waals surface area contributed by atoms with E-state index in [4.69, 9.17) is 0 Å². The van der Waals surface area contributed by atoms with Gasteiger partial charge in [0.1, 0.15) is 11.6 Å². The van der Waals surface area contributed by atoms with Crippen molar-refractivity contribution in [2.75, 3.05) is 26.2 Å². The minimum atomic E-state index is -0.645. The van der Waals surface area contributed by atoms with E-state index in [-0.39, 0.29) is 12.3 Å². The van der Waals surface area contributed by atoms with Gasteiger partial charge in [0.2, 0.25) is 5.91 Å². The molecule has 1 heterocycles. The van der Waals surface area contributed by atoms with Crippen LogP contribution in [0.15, 0.2) is 18.2 Å². The van der Waals surface area contributed by atoms with E-state index in [1.807, 2.05) is 0 Å². The molecule has 1 aromatic carbocycles. The summed E-state index contributed by atoms with van der Waals surface area (Å²) in [6, 6.07) is 3.20. The number of piperazine rings is 1. The number of amides is 1. The highest BCUT2D eigenvalue weighted by atomic mass is 19.1. The highest BCUT2D eigenvalue weighted by Crippen LogP contribution is 2.10. The molecule has 0 spiro atoms. The van der Waals surface area contributed by atoms with Crippen LogP contribution in [0.1, 0.15) is 5.56 Å². The third kappa shape index (κ3) is 3.23. The molecule has 1 amide bonds. The second-order valence-electron chi connectivity index (χ2n) is 4.09. The second-order valence-corrected chi connectivity index (χ2v) is 4.09. The molecule has 0 unspecified atom stereocenters. The Balaban J connectivity index is 2.01. The van der Waals surface area contributed by atoms with Crippen molar-refractivity contribution in [2.45, 2.75) is 6.42 Å². The standard InChI is InChI=1S/C12H14F2N2O/c13-10-5-9(6-11(14)8-10)7-12(17)16-3-1-15-2-4-16/h5-6,8,15H,1-4,7H2. The minimum Gasteiger partial charge on any atom is -0.340 e. The second kappa shape index (κ2) is 5.23. The molecule has 2 rings (SSSR count). The summed E-state index contributed by atoms with van der Waals surface area (Å²) in [7, 11) is 0. The number of rotatable bonds is 2. The molecule has 1 fully saturated rings. The Hall–Kier alpha value is -1.49. The molecule has 0 atom stereocenters. The molecule has 0 bridgehead atoms. The molecule has 3 nitrogen and oxygen atoms in total. The van der Waals surface area contributed by atoms with E-state index in [0.717, 1.165) is 19.2 Å². The summed E-state index contributed by atoms with van der Waals surface area (Å²) in [5.74, 6) is -1.38. The van der Waals surface area contributed by atoms with Crippen molar-refractivity contribution >= 4 is 5.91 Å². The molecule has 17 heavy (non-hydrogen) atoms. The van der Waals surface area contributed by atoms with Crippen LogP contribution in [0.4, 0.5) is 8.78 Å². The van der Waals surface area contributed by atoms with Crippen LogP contribution in [-0.4, -0.2) is 37.0 Å². The van der Waals surface area contributed by atoms with Gasteiger partial charge in [0.25, 0.3) is 0 Å². The molecular weight excluding hydrogens is 226 g/mol. The van der Waals surface area contributed by atoms with Crippen LogP contribution < -0.4 is 5.32 Å². The van der Waals surface area contributed by atoms with E-state index in [9.17, 15) is 13.6 Å². The quantitative estimate of drug-likeness (QED) is 0.834. The van der Waals surface area contributed by atoms with Crippen LogP contribution in [0.3, 0.4) is 0 Å². The third-order valence-corrected chi connectivity index (χ3v) is 2.75.